The summed E-state index contributed by atoms with van der Waals surface area (Å²) in [5, 5.41) is 10.0. The van der Waals surface area contributed by atoms with Gasteiger partial charge in [-0.2, -0.15) is 5.10 Å². The van der Waals surface area contributed by atoms with Crippen LogP contribution in [0, 0.1) is 0 Å². The van der Waals surface area contributed by atoms with Crippen LogP contribution in [0.2, 0.25) is 0 Å². The zero-order valence-electron chi connectivity index (χ0n) is 11.9. The van der Waals surface area contributed by atoms with Gasteiger partial charge in [-0.15, -0.1) is 0 Å². The van der Waals surface area contributed by atoms with Crippen molar-refractivity contribution in [2.75, 3.05) is 32.8 Å². The highest BCUT2D eigenvalue weighted by Gasteiger charge is 2.26. The second-order valence-corrected chi connectivity index (χ2v) is 5.69. The van der Waals surface area contributed by atoms with E-state index in [2.05, 4.69) is 27.3 Å². The molecule has 1 aromatic rings. The molecular formula is C14H22N4O2. The summed E-state index contributed by atoms with van der Waals surface area (Å²) in [6.45, 7) is 6.21. The second-order valence-electron chi connectivity index (χ2n) is 5.69. The molecule has 0 aromatic carbocycles. The van der Waals surface area contributed by atoms with Gasteiger partial charge in [0, 0.05) is 37.3 Å². The SMILES string of the molecule is CC(CNC(=O)c1cc(C2CC2)[nH]n1)N1CCOCC1. The molecule has 0 bridgehead atoms. The first-order valence-corrected chi connectivity index (χ1v) is 7.39. The number of hydrogen-bond acceptors (Lipinski definition) is 4. The third-order valence-corrected chi connectivity index (χ3v) is 4.07. The van der Waals surface area contributed by atoms with Crippen molar-refractivity contribution in [1.82, 2.24) is 20.4 Å². The number of aromatic amines is 1. The summed E-state index contributed by atoms with van der Waals surface area (Å²) < 4.78 is 5.33. The zero-order valence-corrected chi connectivity index (χ0v) is 11.9. The maximum Gasteiger partial charge on any atom is 0.271 e. The van der Waals surface area contributed by atoms with Gasteiger partial charge in [0.05, 0.1) is 13.2 Å². The lowest BCUT2D eigenvalue weighted by Crippen LogP contribution is -2.47. The van der Waals surface area contributed by atoms with E-state index >= 15 is 0 Å². The molecule has 6 nitrogen and oxygen atoms in total. The van der Waals surface area contributed by atoms with Crippen molar-refractivity contribution in [2.24, 2.45) is 0 Å². The molecule has 6 heteroatoms. The fraction of sp³-hybridized carbons (Fsp3) is 0.714. The van der Waals surface area contributed by atoms with Crippen molar-refractivity contribution in [1.29, 1.82) is 0 Å². The first-order valence-electron chi connectivity index (χ1n) is 7.39. The van der Waals surface area contributed by atoms with Gasteiger partial charge < -0.3 is 10.1 Å². The molecule has 1 atom stereocenters. The van der Waals surface area contributed by atoms with E-state index < -0.39 is 0 Å². The van der Waals surface area contributed by atoms with E-state index in [1.54, 1.807) is 0 Å². The summed E-state index contributed by atoms with van der Waals surface area (Å²) in [7, 11) is 0. The number of rotatable bonds is 5. The number of hydrogen-bond donors (Lipinski definition) is 2. The van der Waals surface area contributed by atoms with Crippen LogP contribution in [0.4, 0.5) is 0 Å². The first kappa shape index (κ1) is 13.6. The van der Waals surface area contributed by atoms with Crippen molar-refractivity contribution >= 4 is 5.91 Å². The smallest absolute Gasteiger partial charge is 0.271 e. The maximum absolute atomic E-state index is 12.1. The molecule has 2 aliphatic rings. The summed E-state index contributed by atoms with van der Waals surface area (Å²) in [6.07, 6.45) is 2.41. The third-order valence-electron chi connectivity index (χ3n) is 4.07. The third kappa shape index (κ3) is 3.19. The number of nitrogens with one attached hydrogen (secondary N) is 2. The fourth-order valence-electron chi connectivity index (χ4n) is 2.53. The molecule has 2 fully saturated rings. The van der Waals surface area contributed by atoms with Crippen LogP contribution < -0.4 is 5.32 Å². The summed E-state index contributed by atoms with van der Waals surface area (Å²) >= 11 is 0. The first-order chi connectivity index (χ1) is 9.74. The number of carbonyl (C=O) groups excluding carboxylic acids is 1. The van der Waals surface area contributed by atoms with E-state index in [-0.39, 0.29) is 5.91 Å². The van der Waals surface area contributed by atoms with Crippen molar-refractivity contribution < 1.29 is 9.53 Å². The Labute approximate surface area is 118 Å². The summed E-state index contributed by atoms with van der Waals surface area (Å²) in [5.41, 5.74) is 1.59. The minimum absolute atomic E-state index is 0.0896. The Bertz CT molecular complexity index is 463. The van der Waals surface area contributed by atoms with Gasteiger partial charge in [0.2, 0.25) is 0 Å². The predicted molar refractivity (Wildman–Crippen MR) is 74.7 cm³/mol. The number of aromatic nitrogens is 2. The van der Waals surface area contributed by atoms with Crippen LogP contribution in [0.1, 0.15) is 41.9 Å². The van der Waals surface area contributed by atoms with Gasteiger partial charge in [0.15, 0.2) is 0 Å². The van der Waals surface area contributed by atoms with Crippen LogP contribution in [-0.2, 0) is 4.74 Å². The Morgan fingerprint density at radius 1 is 1.55 bits per heavy atom. The Kier molecular flexibility index (Phi) is 4.03. The molecule has 1 aliphatic heterocycles. The zero-order chi connectivity index (χ0) is 13.9. The largest absolute Gasteiger partial charge is 0.379 e. The van der Waals surface area contributed by atoms with Crippen molar-refractivity contribution in [3.63, 3.8) is 0 Å². The van der Waals surface area contributed by atoms with Gasteiger partial charge in [0.1, 0.15) is 5.69 Å². The molecule has 0 spiro atoms. The lowest BCUT2D eigenvalue weighted by Gasteiger charge is -2.32. The molecule has 1 unspecified atom stereocenters. The van der Waals surface area contributed by atoms with Gasteiger partial charge in [-0.1, -0.05) is 0 Å². The second kappa shape index (κ2) is 5.93. The molecule has 1 saturated carbocycles. The van der Waals surface area contributed by atoms with E-state index in [0.29, 0.717) is 24.2 Å². The van der Waals surface area contributed by atoms with Crippen LogP contribution in [-0.4, -0.2) is 59.9 Å². The van der Waals surface area contributed by atoms with Crippen molar-refractivity contribution in [3.05, 3.63) is 17.5 Å². The van der Waals surface area contributed by atoms with E-state index in [4.69, 9.17) is 4.74 Å². The maximum atomic E-state index is 12.1. The quantitative estimate of drug-likeness (QED) is 0.833. The summed E-state index contributed by atoms with van der Waals surface area (Å²) in [4.78, 5) is 14.4. The molecule has 20 heavy (non-hydrogen) atoms. The number of H-pyrrole nitrogens is 1. The number of morpholine rings is 1. The molecule has 110 valence electrons. The molecule has 1 amide bonds. The van der Waals surface area contributed by atoms with Crippen LogP contribution >= 0.6 is 0 Å². The summed E-state index contributed by atoms with van der Waals surface area (Å²) in [6, 6.07) is 2.21. The average molecular weight is 278 g/mol. The highest BCUT2D eigenvalue weighted by atomic mass is 16.5. The minimum Gasteiger partial charge on any atom is -0.379 e. The van der Waals surface area contributed by atoms with Crippen LogP contribution in [0.5, 0.6) is 0 Å². The van der Waals surface area contributed by atoms with E-state index in [1.165, 1.54) is 12.8 Å². The standard InChI is InChI=1S/C14H22N4O2/c1-10(18-4-6-20-7-5-18)9-15-14(19)13-8-12(16-17-13)11-2-3-11/h8,10-11H,2-7,9H2,1H3,(H,15,19)(H,16,17). The average Bonchev–Trinajstić information content (AvgIpc) is 3.22. The van der Waals surface area contributed by atoms with Gasteiger partial charge in [-0.05, 0) is 25.8 Å². The van der Waals surface area contributed by atoms with Gasteiger partial charge in [-0.25, -0.2) is 0 Å². The number of ether oxygens (including phenoxy) is 1. The highest BCUT2D eigenvalue weighted by molar-refractivity contribution is 5.92. The number of carbonyl (C=O) groups is 1. The lowest BCUT2D eigenvalue weighted by atomic mass is 10.2. The summed E-state index contributed by atoms with van der Waals surface area (Å²) in [5.74, 6) is 0.504. The molecule has 2 heterocycles. The Balaban J connectivity index is 1.47. The van der Waals surface area contributed by atoms with E-state index in [1.807, 2.05) is 6.07 Å². The van der Waals surface area contributed by atoms with Gasteiger partial charge >= 0.3 is 0 Å². The normalized spacial score (nSPS) is 21.6. The predicted octanol–water partition coefficient (Wildman–Crippen LogP) is 0.738. The molecular weight excluding hydrogens is 256 g/mol. The lowest BCUT2D eigenvalue weighted by molar-refractivity contribution is 0.0204. The Morgan fingerprint density at radius 3 is 3.00 bits per heavy atom. The van der Waals surface area contributed by atoms with Crippen LogP contribution in [0.3, 0.4) is 0 Å². The molecule has 3 rings (SSSR count). The minimum atomic E-state index is -0.0896. The number of amides is 1. The fourth-order valence-corrected chi connectivity index (χ4v) is 2.53. The molecule has 1 aliphatic carbocycles. The molecule has 2 N–H and O–H groups in total. The van der Waals surface area contributed by atoms with Crippen molar-refractivity contribution in [3.8, 4) is 0 Å². The van der Waals surface area contributed by atoms with Crippen LogP contribution in [0.25, 0.3) is 0 Å². The monoisotopic (exact) mass is 278 g/mol. The van der Waals surface area contributed by atoms with Gasteiger partial charge in [0.25, 0.3) is 5.91 Å². The van der Waals surface area contributed by atoms with Crippen molar-refractivity contribution in [2.45, 2.75) is 31.7 Å². The van der Waals surface area contributed by atoms with E-state index in [0.717, 1.165) is 32.0 Å². The van der Waals surface area contributed by atoms with Gasteiger partial charge in [-0.3, -0.25) is 14.8 Å². The van der Waals surface area contributed by atoms with E-state index in [9.17, 15) is 4.79 Å². The molecule has 1 aromatic heterocycles. The molecule has 0 radical (unpaired) electrons. The highest BCUT2D eigenvalue weighted by Crippen LogP contribution is 2.38. The number of nitrogens with zero attached hydrogens (tertiary/aromatic N) is 2. The Hall–Kier alpha value is -1.40. The Morgan fingerprint density at radius 2 is 2.30 bits per heavy atom. The molecule has 1 saturated heterocycles. The van der Waals surface area contributed by atoms with Crippen LogP contribution in [0.15, 0.2) is 6.07 Å². The topological polar surface area (TPSA) is 70.2 Å².